The topological polar surface area (TPSA) is 80.1 Å². The summed E-state index contributed by atoms with van der Waals surface area (Å²) in [5.74, 6) is 0. The van der Waals surface area contributed by atoms with Gasteiger partial charge in [-0.15, -0.1) is 0 Å². The lowest BCUT2D eigenvalue weighted by Gasteiger charge is -2.20. The van der Waals surface area contributed by atoms with Gasteiger partial charge < -0.3 is 4.90 Å². The van der Waals surface area contributed by atoms with Crippen molar-refractivity contribution in [3.05, 3.63) is 78.8 Å². The van der Waals surface area contributed by atoms with Crippen molar-refractivity contribution >= 4 is 26.6 Å². The fourth-order valence-corrected chi connectivity index (χ4v) is 5.63. The van der Waals surface area contributed by atoms with Crippen molar-refractivity contribution in [3.8, 4) is 5.69 Å². The predicted molar refractivity (Wildman–Crippen MR) is 121 cm³/mol. The molecule has 0 spiro atoms. The maximum Gasteiger partial charge on any atom is 0.244 e. The van der Waals surface area contributed by atoms with E-state index in [1.165, 1.54) is 6.20 Å². The molecule has 1 N–H and O–H groups in total. The van der Waals surface area contributed by atoms with Gasteiger partial charge in [-0.1, -0.05) is 24.3 Å². The van der Waals surface area contributed by atoms with Gasteiger partial charge in [-0.25, -0.2) is 17.8 Å². The first-order valence-corrected chi connectivity index (χ1v) is 11.7. The summed E-state index contributed by atoms with van der Waals surface area (Å²) in [5.41, 5.74) is 3.44. The summed E-state index contributed by atoms with van der Waals surface area (Å²) in [5, 5.41) is 5.38. The van der Waals surface area contributed by atoms with E-state index in [-0.39, 0.29) is 10.9 Å². The van der Waals surface area contributed by atoms with Crippen LogP contribution in [0.5, 0.6) is 0 Å². The van der Waals surface area contributed by atoms with Gasteiger partial charge in [0.05, 0.1) is 23.1 Å². The molecule has 0 amide bonds. The fraction of sp³-hybridized carbons (Fsp3) is 0.217. The molecule has 1 atom stereocenters. The Kier molecular flexibility index (Phi) is 4.95. The van der Waals surface area contributed by atoms with Crippen LogP contribution < -0.4 is 9.62 Å². The Morgan fingerprint density at radius 3 is 2.71 bits per heavy atom. The second kappa shape index (κ2) is 7.79. The summed E-state index contributed by atoms with van der Waals surface area (Å²) < 4.78 is 30.8. The minimum absolute atomic E-state index is 0.170. The van der Waals surface area contributed by atoms with Crippen molar-refractivity contribution in [2.24, 2.45) is 0 Å². The Hall–Kier alpha value is -3.23. The number of hydrogen-bond acceptors (Lipinski definition) is 5. The Balaban J connectivity index is 1.36. The number of pyridine rings is 1. The standard InChI is InChI=1S/C23H23N5O2S/c1-17-23(15-25-28(17)19-7-3-2-4-8-19)31(29,30)26-18-12-14-27(16-18)22-11-5-10-21-20(22)9-6-13-24-21/h2-11,13,15,18,26H,12,14,16H2,1H3/t18-/m0/s1. The second-order valence-electron chi connectivity index (χ2n) is 7.74. The number of fused-ring (bicyclic) bond motifs is 1. The lowest BCUT2D eigenvalue weighted by molar-refractivity contribution is 0.560. The van der Waals surface area contributed by atoms with Gasteiger partial charge in [0.2, 0.25) is 10.0 Å². The number of nitrogens with one attached hydrogen (secondary N) is 1. The molecule has 158 valence electrons. The monoisotopic (exact) mass is 433 g/mol. The number of para-hydroxylation sites is 1. The van der Waals surface area contributed by atoms with Crippen molar-refractivity contribution < 1.29 is 8.42 Å². The first-order chi connectivity index (χ1) is 15.0. The van der Waals surface area contributed by atoms with Gasteiger partial charge in [-0.05, 0) is 49.7 Å². The van der Waals surface area contributed by atoms with Gasteiger partial charge in [0.25, 0.3) is 0 Å². The number of benzene rings is 2. The molecule has 1 fully saturated rings. The van der Waals surface area contributed by atoms with E-state index in [0.29, 0.717) is 12.2 Å². The summed E-state index contributed by atoms with van der Waals surface area (Å²) in [6.45, 7) is 3.17. The van der Waals surface area contributed by atoms with Gasteiger partial charge in [0.15, 0.2) is 0 Å². The molecule has 31 heavy (non-hydrogen) atoms. The zero-order valence-corrected chi connectivity index (χ0v) is 18.0. The third-order valence-electron chi connectivity index (χ3n) is 5.73. The minimum atomic E-state index is -3.68. The van der Waals surface area contributed by atoms with Crippen LogP contribution in [0.1, 0.15) is 12.1 Å². The summed E-state index contributed by atoms with van der Waals surface area (Å²) in [7, 11) is -3.68. The number of sulfonamides is 1. The maximum atomic E-state index is 13.1. The molecule has 0 unspecified atom stereocenters. The normalized spacial score (nSPS) is 16.8. The molecule has 4 aromatic rings. The molecular weight excluding hydrogens is 410 g/mol. The number of anilines is 1. The summed E-state index contributed by atoms with van der Waals surface area (Å²) >= 11 is 0. The number of rotatable bonds is 5. The predicted octanol–water partition coefficient (Wildman–Crippen LogP) is 3.29. The highest BCUT2D eigenvalue weighted by atomic mass is 32.2. The largest absolute Gasteiger partial charge is 0.369 e. The molecule has 8 heteroatoms. The van der Waals surface area contributed by atoms with Gasteiger partial charge in [-0.2, -0.15) is 5.10 Å². The molecule has 2 aromatic carbocycles. The van der Waals surface area contributed by atoms with Crippen molar-refractivity contribution in [3.63, 3.8) is 0 Å². The van der Waals surface area contributed by atoms with Crippen molar-refractivity contribution in [2.45, 2.75) is 24.3 Å². The van der Waals surface area contributed by atoms with Crippen molar-refractivity contribution in [1.29, 1.82) is 0 Å². The SMILES string of the molecule is Cc1c(S(=O)(=O)N[C@H]2CCN(c3cccc4ncccc34)C2)cnn1-c1ccccc1. The zero-order valence-electron chi connectivity index (χ0n) is 17.1. The highest BCUT2D eigenvalue weighted by Crippen LogP contribution is 2.29. The van der Waals surface area contributed by atoms with E-state index in [2.05, 4.69) is 31.8 Å². The molecule has 0 saturated carbocycles. The smallest absolute Gasteiger partial charge is 0.244 e. The molecular formula is C23H23N5O2S. The van der Waals surface area contributed by atoms with Gasteiger partial charge in [0, 0.05) is 36.4 Å². The van der Waals surface area contributed by atoms with Crippen LogP contribution in [-0.2, 0) is 10.0 Å². The van der Waals surface area contributed by atoms with E-state index in [1.54, 1.807) is 17.8 Å². The first-order valence-electron chi connectivity index (χ1n) is 10.2. The molecule has 7 nitrogen and oxygen atoms in total. The highest BCUT2D eigenvalue weighted by Gasteiger charge is 2.30. The third kappa shape index (κ3) is 3.68. The molecule has 5 rings (SSSR count). The van der Waals surface area contributed by atoms with Crippen molar-refractivity contribution in [2.75, 3.05) is 18.0 Å². The highest BCUT2D eigenvalue weighted by molar-refractivity contribution is 7.89. The molecule has 0 aliphatic carbocycles. The van der Waals surface area contributed by atoms with Gasteiger partial charge >= 0.3 is 0 Å². The Morgan fingerprint density at radius 2 is 1.87 bits per heavy atom. The first kappa shape index (κ1) is 19.7. The van der Waals surface area contributed by atoms with Crippen LogP contribution in [0.15, 0.2) is 78.0 Å². The zero-order chi connectivity index (χ0) is 21.4. The fourth-order valence-electron chi connectivity index (χ4n) is 4.21. The molecule has 3 heterocycles. The second-order valence-corrected chi connectivity index (χ2v) is 9.42. The molecule has 1 aliphatic rings. The molecule has 1 aliphatic heterocycles. The Bertz CT molecular complexity index is 1330. The van der Waals surface area contributed by atoms with Crippen molar-refractivity contribution in [1.82, 2.24) is 19.5 Å². The Labute approximate surface area is 181 Å². The lowest BCUT2D eigenvalue weighted by Crippen LogP contribution is -2.37. The third-order valence-corrected chi connectivity index (χ3v) is 7.35. The lowest BCUT2D eigenvalue weighted by atomic mass is 10.1. The average molecular weight is 434 g/mol. The van der Waals surface area contributed by atoms with E-state index in [0.717, 1.165) is 35.2 Å². The number of hydrogen-bond donors (Lipinski definition) is 1. The van der Waals surface area contributed by atoms with Crippen LogP contribution in [-0.4, -0.2) is 42.3 Å². The van der Waals surface area contributed by atoms with Gasteiger partial charge in [0.1, 0.15) is 4.90 Å². The van der Waals surface area contributed by atoms with Crippen LogP contribution in [0.2, 0.25) is 0 Å². The van der Waals surface area contributed by atoms with E-state index in [4.69, 9.17) is 0 Å². The van der Waals surface area contributed by atoms with E-state index < -0.39 is 10.0 Å². The van der Waals surface area contributed by atoms with Crippen LogP contribution >= 0.6 is 0 Å². The van der Waals surface area contributed by atoms with Crippen LogP contribution in [0.3, 0.4) is 0 Å². The number of nitrogens with zero attached hydrogens (tertiary/aromatic N) is 4. The summed E-state index contributed by atoms with van der Waals surface area (Å²) in [4.78, 5) is 6.85. The molecule has 1 saturated heterocycles. The Morgan fingerprint density at radius 1 is 1.03 bits per heavy atom. The van der Waals surface area contributed by atoms with E-state index >= 15 is 0 Å². The summed E-state index contributed by atoms with van der Waals surface area (Å²) in [6, 6.07) is 19.4. The van der Waals surface area contributed by atoms with Gasteiger partial charge in [-0.3, -0.25) is 4.98 Å². The van der Waals surface area contributed by atoms with Crippen LogP contribution in [0.25, 0.3) is 16.6 Å². The molecule has 0 radical (unpaired) electrons. The molecule has 0 bridgehead atoms. The molecule has 2 aromatic heterocycles. The number of aromatic nitrogens is 3. The van der Waals surface area contributed by atoms with Crippen LogP contribution in [0, 0.1) is 6.92 Å². The van der Waals surface area contributed by atoms with E-state index in [1.807, 2.05) is 48.5 Å². The minimum Gasteiger partial charge on any atom is -0.369 e. The maximum absolute atomic E-state index is 13.1. The average Bonchev–Trinajstić information content (AvgIpc) is 3.40. The van der Waals surface area contributed by atoms with Crippen LogP contribution in [0.4, 0.5) is 5.69 Å². The van der Waals surface area contributed by atoms with E-state index in [9.17, 15) is 8.42 Å². The summed E-state index contributed by atoms with van der Waals surface area (Å²) in [6.07, 6.45) is 3.94. The quantitative estimate of drug-likeness (QED) is 0.522.